The highest BCUT2D eigenvalue weighted by Gasteiger charge is 2.37. The minimum atomic E-state index is -0.848. The van der Waals surface area contributed by atoms with Gasteiger partial charge < -0.3 is 20.4 Å². The number of aliphatic carboxylic acids is 1. The van der Waals surface area contributed by atoms with Gasteiger partial charge in [-0.05, 0) is 21.0 Å². The predicted molar refractivity (Wildman–Crippen MR) is 74.2 cm³/mol. The van der Waals surface area contributed by atoms with Gasteiger partial charge in [-0.15, -0.1) is 0 Å². The Balaban J connectivity index is 2.74. The highest BCUT2D eigenvalue weighted by atomic mass is 16.4. The molecular formula is C13H27N3O3. The molecule has 1 fully saturated rings. The van der Waals surface area contributed by atoms with Crippen molar-refractivity contribution in [2.24, 2.45) is 5.92 Å². The standard InChI is InChI=1S/C13H27N3O3/c1-9(12(17)10(2)14-3)11(13(18)19)16-7-5-15(4)6-8-16/h9-12,14,17H,5-8H2,1-4H3,(H,18,19)/t9-,10+,11?,12-/m1/s1. The molecule has 0 amide bonds. The SMILES string of the molecule is CN[C@@H](C)[C@H](O)[C@H](C)C(C(=O)O)N1CCN(C)CC1. The van der Waals surface area contributed by atoms with Gasteiger partial charge >= 0.3 is 5.97 Å². The topological polar surface area (TPSA) is 76.0 Å². The molecule has 1 unspecified atom stereocenters. The fourth-order valence-corrected chi connectivity index (χ4v) is 2.63. The lowest BCUT2D eigenvalue weighted by Crippen LogP contribution is -2.57. The molecule has 112 valence electrons. The van der Waals surface area contributed by atoms with E-state index in [1.54, 1.807) is 7.05 Å². The van der Waals surface area contributed by atoms with Gasteiger partial charge in [0.25, 0.3) is 0 Å². The van der Waals surface area contributed by atoms with Crippen LogP contribution in [-0.4, -0.2) is 84.4 Å². The zero-order chi connectivity index (χ0) is 14.6. The monoisotopic (exact) mass is 273 g/mol. The maximum atomic E-state index is 11.6. The van der Waals surface area contributed by atoms with E-state index in [0.717, 1.165) is 26.2 Å². The normalized spacial score (nSPS) is 24.7. The number of carbonyl (C=O) groups is 1. The lowest BCUT2D eigenvalue weighted by molar-refractivity contribution is -0.148. The molecule has 0 aliphatic carbocycles. The van der Waals surface area contributed by atoms with Gasteiger partial charge in [-0.25, -0.2) is 0 Å². The van der Waals surface area contributed by atoms with Crippen molar-refractivity contribution in [3.63, 3.8) is 0 Å². The van der Waals surface area contributed by atoms with Gasteiger partial charge in [0.2, 0.25) is 0 Å². The molecule has 1 saturated heterocycles. The molecule has 19 heavy (non-hydrogen) atoms. The molecule has 0 radical (unpaired) electrons. The van der Waals surface area contributed by atoms with Gasteiger partial charge in [0.1, 0.15) is 6.04 Å². The number of hydrogen-bond acceptors (Lipinski definition) is 5. The Morgan fingerprint density at radius 1 is 1.21 bits per heavy atom. The summed E-state index contributed by atoms with van der Waals surface area (Å²) in [4.78, 5) is 15.7. The van der Waals surface area contributed by atoms with Crippen molar-refractivity contribution in [1.82, 2.24) is 15.1 Å². The van der Waals surface area contributed by atoms with Gasteiger partial charge in [-0.1, -0.05) is 6.92 Å². The number of nitrogens with one attached hydrogen (secondary N) is 1. The van der Waals surface area contributed by atoms with E-state index in [1.165, 1.54) is 0 Å². The Bertz CT molecular complexity index is 293. The molecule has 6 nitrogen and oxygen atoms in total. The average Bonchev–Trinajstić information content (AvgIpc) is 2.38. The van der Waals surface area contributed by atoms with Crippen LogP contribution in [0.4, 0.5) is 0 Å². The third-order valence-corrected chi connectivity index (χ3v) is 4.19. The lowest BCUT2D eigenvalue weighted by Gasteiger charge is -2.40. The highest BCUT2D eigenvalue weighted by molar-refractivity contribution is 5.74. The summed E-state index contributed by atoms with van der Waals surface area (Å²) in [5.41, 5.74) is 0. The molecule has 4 atom stereocenters. The molecule has 3 N–H and O–H groups in total. The number of rotatable bonds is 6. The minimum absolute atomic E-state index is 0.121. The molecule has 0 bridgehead atoms. The Labute approximate surface area is 115 Å². The molecule has 1 heterocycles. The van der Waals surface area contributed by atoms with Crippen molar-refractivity contribution in [2.45, 2.75) is 32.0 Å². The molecule has 0 aromatic rings. The maximum Gasteiger partial charge on any atom is 0.321 e. The maximum absolute atomic E-state index is 11.6. The van der Waals surface area contributed by atoms with Crippen LogP contribution in [0.2, 0.25) is 0 Å². The van der Waals surface area contributed by atoms with E-state index < -0.39 is 18.1 Å². The third-order valence-electron chi connectivity index (χ3n) is 4.19. The van der Waals surface area contributed by atoms with Crippen molar-refractivity contribution in [1.29, 1.82) is 0 Å². The summed E-state index contributed by atoms with van der Waals surface area (Å²) in [5, 5.41) is 22.7. The second-order valence-corrected chi connectivity index (χ2v) is 5.55. The summed E-state index contributed by atoms with van der Waals surface area (Å²) in [6.45, 7) is 6.89. The van der Waals surface area contributed by atoms with Crippen LogP contribution in [0.1, 0.15) is 13.8 Å². The number of piperazine rings is 1. The zero-order valence-electron chi connectivity index (χ0n) is 12.3. The fraction of sp³-hybridized carbons (Fsp3) is 0.923. The summed E-state index contributed by atoms with van der Waals surface area (Å²) >= 11 is 0. The second kappa shape index (κ2) is 7.19. The van der Waals surface area contributed by atoms with Crippen LogP contribution in [0.5, 0.6) is 0 Å². The van der Waals surface area contributed by atoms with Crippen molar-refractivity contribution < 1.29 is 15.0 Å². The van der Waals surface area contributed by atoms with Gasteiger partial charge in [0.05, 0.1) is 6.10 Å². The van der Waals surface area contributed by atoms with Crippen LogP contribution in [-0.2, 0) is 4.79 Å². The van der Waals surface area contributed by atoms with E-state index in [2.05, 4.69) is 10.2 Å². The summed E-state index contributed by atoms with van der Waals surface area (Å²) in [6.07, 6.45) is -0.675. The smallest absolute Gasteiger partial charge is 0.321 e. The van der Waals surface area contributed by atoms with Gasteiger partial charge in [0.15, 0.2) is 0 Å². The van der Waals surface area contributed by atoms with E-state index in [-0.39, 0.29) is 12.0 Å². The fourth-order valence-electron chi connectivity index (χ4n) is 2.63. The van der Waals surface area contributed by atoms with Crippen molar-refractivity contribution in [3.8, 4) is 0 Å². The summed E-state index contributed by atoms with van der Waals surface area (Å²) in [7, 11) is 3.81. The first-order chi connectivity index (χ1) is 8.88. The number of likely N-dealkylation sites (N-methyl/N-ethyl adjacent to an activating group) is 2. The third kappa shape index (κ3) is 4.14. The summed E-state index contributed by atoms with van der Waals surface area (Å²) in [5.74, 6) is -1.16. The van der Waals surface area contributed by atoms with Crippen molar-refractivity contribution in [2.75, 3.05) is 40.3 Å². The quantitative estimate of drug-likeness (QED) is 0.594. The lowest BCUT2D eigenvalue weighted by atomic mass is 9.90. The Hall–Kier alpha value is -0.690. The number of aliphatic hydroxyl groups is 1. The number of aliphatic hydroxyl groups excluding tert-OH is 1. The first-order valence-electron chi connectivity index (χ1n) is 6.89. The van der Waals surface area contributed by atoms with E-state index in [4.69, 9.17) is 0 Å². The Kier molecular flexibility index (Phi) is 6.19. The number of carboxylic acids is 1. The molecule has 0 saturated carbocycles. The average molecular weight is 273 g/mol. The van der Waals surface area contributed by atoms with E-state index in [1.807, 2.05) is 25.8 Å². The van der Waals surface area contributed by atoms with Gasteiger partial charge in [-0.2, -0.15) is 0 Å². The minimum Gasteiger partial charge on any atom is -0.480 e. The second-order valence-electron chi connectivity index (χ2n) is 5.55. The van der Waals surface area contributed by atoms with Crippen molar-refractivity contribution >= 4 is 5.97 Å². The Morgan fingerprint density at radius 2 is 1.74 bits per heavy atom. The largest absolute Gasteiger partial charge is 0.480 e. The van der Waals surface area contributed by atoms with Crippen LogP contribution < -0.4 is 5.32 Å². The van der Waals surface area contributed by atoms with Crippen molar-refractivity contribution in [3.05, 3.63) is 0 Å². The molecule has 1 aliphatic heterocycles. The van der Waals surface area contributed by atoms with Crippen LogP contribution in [0.15, 0.2) is 0 Å². The number of nitrogens with zero attached hydrogens (tertiary/aromatic N) is 2. The molecule has 0 aromatic heterocycles. The van der Waals surface area contributed by atoms with Crippen LogP contribution in [0.25, 0.3) is 0 Å². The van der Waals surface area contributed by atoms with Crippen LogP contribution in [0.3, 0.4) is 0 Å². The van der Waals surface area contributed by atoms with Crippen LogP contribution in [0, 0.1) is 5.92 Å². The predicted octanol–water partition coefficient (Wildman–Crippen LogP) is -0.708. The first kappa shape index (κ1) is 16.4. The molecule has 1 rings (SSSR count). The van der Waals surface area contributed by atoms with Gasteiger partial charge in [-0.3, -0.25) is 9.69 Å². The van der Waals surface area contributed by atoms with E-state index >= 15 is 0 Å². The molecule has 1 aliphatic rings. The summed E-state index contributed by atoms with van der Waals surface area (Å²) in [6, 6.07) is -0.746. The number of carboxylic acid groups (broad SMARTS) is 1. The van der Waals surface area contributed by atoms with E-state index in [9.17, 15) is 15.0 Å². The Morgan fingerprint density at radius 3 is 2.16 bits per heavy atom. The summed E-state index contributed by atoms with van der Waals surface area (Å²) < 4.78 is 0. The molecule has 0 aromatic carbocycles. The molecule has 0 spiro atoms. The molecular weight excluding hydrogens is 246 g/mol. The van der Waals surface area contributed by atoms with Crippen LogP contribution >= 0.6 is 0 Å². The van der Waals surface area contributed by atoms with Gasteiger partial charge in [0, 0.05) is 38.1 Å². The molecule has 6 heteroatoms. The zero-order valence-corrected chi connectivity index (χ0v) is 12.3. The van der Waals surface area contributed by atoms with E-state index in [0.29, 0.717) is 0 Å². The highest BCUT2D eigenvalue weighted by Crippen LogP contribution is 2.19. The number of hydrogen-bond donors (Lipinski definition) is 3. The first-order valence-corrected chi connectivity index (χ1v) is 6.89.